The fraction of sp³-hybridized carbons (Fsp3) is 0.765. The normalized spacial score (nSPS) is 18.9. The summed E-state index contributed by atoms with van der Waals surface area (Å²) >= 11 is 0. The molecule has 3 rings (SSSR count). The molecule has 1 aromatic rings. The fourth-order valence-corrected chi connectivity index (χ4v) is 3.62. The molecule has 0 aliphatic carbocycles. The first-order valence-corrected chi connectivity index (χ1v) is 9.00. The molecule has 7 heteroatoms. The second-order valence-corrected chi connectivity index (χ2v) is 6.66. The molecule has 0 spiro atoms. The number of nitrogens with zero attached hydrogens (tertiary/aromatic N) is 4. The summed E-state index contributed by atoms with van der Waals surface area (Å²) in [6.45, 7) is 8.21. The van der Waals surface area contributed by atoms with Gasteiger partial charge in [-0.1, -0.05) is 0 Å². The van der Waals surface area contributed by atoms with Crippen molar-refractivity contribution in [2.24, 2.45) is 7.05 Å². The van der Waals surface area contributed by atoms with Gasteiger partial charge in [0.15, 0.2) is 0 Å². The number of hydrogen-bond donors (Lipinski definition) is 1. The molecular formula is C17H29N5O2. The Hall–Kier alpha value is -1.60. The Morgan fingerprint density at radius 3 is 2.58 bits per heavy atom. The monoisotopic (exact) mass is 335 g/mol. The quantitative estimate of drug-likeness (QED) is 0.857. The van der Waals surface area contributed by atoms with Crippen LogP contribution in [0.4, 0.5) is 5.82 Å². The first kappa shape index (κ1) is 17.2. The van der Waals surface area contributed by atoms with Crippen molar-refractivity contribution in [3.05, 3.63) is 11.3 Å². The number of piperidine rings is 1. The second-order valence-electron chi connectivity index (χ2n) is 6.66. The third-order valence-electron chi connectivity index (χ3n) is 4.91. The van der Waals surface area contributed by atoms with Crippen molar-refractivity contribution in [1.82, 2.24) is 20.0 Å². The highest BCUT2D eigenvalue weighted by molar-refractivity contribution is 5.78. The lowest BCUT2D eigenvalue weighted by molar-refractivity contribution is -0.131. The average Bonchev–Trinajstić information content (AvgIpc) is 2.90. The van der Waals surface area contributed by atoms with Gasteiger partial charge in [-0.25, -0.2) is 0 Å². The van der Waals surface area contributed by atoms with Crippen molar-refractivity contribution in [2.75, 3.05) is 50.8 Å². The molecule has 0 saturated carbocycles. The van der Waals surface area contributed by atoms with Crippen molar-refractivity contribution in [2.45, 2.75) is 32.7 Å². The van der Waals surface area contributed by atoms with Gasteiger partial charge in [-0.3, -0.25) is 9.48 Å². The van der Waals surface area contributed by atoms with Gasteiger partial charge in [-0.2, -0.15) is 5.10 Å². The number of morpholine rings is 1. The predicted molar refractivity (Wildman–Crippen MR) is 93.1 cm³/mol. The third-order valence-corrected chi connectivity index (χ3v) is 4.91. The van der Waals surface area contributed by atoms with E-state index in [9.17, 15) is 4.79 Å². The maximum atomic E-state index is 12.3. The summed E-state index contributed by atoms with van der Waals surface area (Å²) in [4.78, 5) is 16.6. The molecule has 134 valence electrons. The molecule has 2 fully saturated rings. The number of likely N-dealkylation sites (tertiary alicyclic amines) is 1. The van der Waals surface area contributed by atoms with E-state index in [1.54, 1.807) is 0 Å². The van der Waals surface area contributed by atoms with E-state index in [1.807, 2.05) is 23.6 Å². The van der Waals surface area contributed by atoms with E-state index in [0.717, 1.165) is 63.7 Å². The zero-order chi connectivity index (χ0) is 16.9. The maximum absolute atomic E-state index is 12.3. The van der Waals surface area contributed by atoms with Gasteiger partial charge in [0.25, 0.3) is 0 Å². The number of carbonyl (C=O) groups is 1. The molecule has 0 radical (unpaired) electrons. The van der Waals surface area contributed by atoms with Gasteiger partial charge in [0.05, 0.1) is 25.5 Å². The van der Waals surface area contributed by atoms with Crippen LogP contribution in [0.5, 0.6) is 0 Å². The molecule has 1 aromatic heterocycles. The molecule has 0 aromatic carbocycles. The first-order valence-electron chi connectivity index (χ1n) is 9.00. The first-order chi connectivity index (χ1) is 11.7. The smallest absolute Gasteiger partial charge is 0.236 e. The maximum Gasteiger partial charge on any atom is 0.236 e. The topological polar surface area (TPSA) is 62.6 Å². The second kappa shape index (κ2) is 7.98. The zero-order valence-corrected chi connectivity index (χ0v) is 14.9. The van der Waals surface area contributed by atoms with E-state index in [-0.39, 0.29) is 5.91 Å². The van der Waals surface area contributed by atoms with Gasteiger partial charge in [0.2, 0.25) is 5.91 Å². The standard InChI is InChI=1S/C17H29N5O2/c1-14-15(12-18-13-16(23)21-6-4-3-5-7-21)17(20(2)19-14)22-8-10-24-11-9-22/h18H,3-13H2,1-2H3. The highest BCUT2D eigenvalue weighted by Gasteiger charge is 2.22. The molecule has 24 heavy (non-hydrogen) atoms. The number of nitrogens with one attached hydrogen (secondary N) is 1. The Labute approximate surface area is 143 Å². The molecule has 3 heterocycles. The van der Waals surface area contributed by atoms with Gasteiger partial charge in [-0.15, -0.1) is 0 Å². The van der Waals surface area contributed by atoms with Crippen LogP contribution in [0.2, 0.25) is 0 Å². The molecule has 2 aliphatic rings. The summed E-state index contributed by atoms with van der Waals surface area (Å²) in [5.41, 5.74) is 2.21. The van der Waals surface area contributed by atoms with E-state index in [4.69, 9.17) is 4.74 Å². The minimum atomic E-state index is 0.212. The van der Waals surface area contributed by atoms with Crippen molar-refractivity contribution in [3.8, 4) is 0 Å². The summed E-state index contributed by atoms with van der Waals surface area (Å²) in [7, 11) is 1.99. The van der Waals surface area contributed by atoms with Gasteiger partial charge < -0.3 is 19.9 Å². The molecule has 1 amide bonds. The highest BCUT2D eigenvalue weighted by Crippen LogP contribution is 2.24. The molecular weight excluding hydrogens is 306 g/mol. The largest absolute Gasteiger partial charge is 0.378 e. The summed E-state index contributed by atoms with van der Waals surface area (Å²) < 4.78 is 7.40. The minimum absolute atomic E-state index is 0.212. The SMILES string of the molecule is Cc1nn(C)c(N2CCOCC2)c1CNCC(=O)N1CCCCC1. The average molecular weight is 335 g/mol. The lowest BCUT2D eigenvalue weighted by Gasteiger charge is -2.30. The molecule has 2 saturated heterocycles. The Morgan fingerprint density at radius 1 is 1.17 bits per heavy atom. The van der Waals surface area contributed by atoms with Crippen LogP contribution in [-0.2, 0) is 23.1 Å². The van der Waals surface area contributed by atoms with Crippen LogP contribution in [0.25, 0.3) is 0 Å². The Morgan fingerprint density at radius 2 is 1.88 bits per heavy atom. The number of aromatic nitrogens is 2. The zero-order valence-electron chi connectivity index (χ0n) is 14.9. The van der Waals surface area contributed by atoms with Gasteiger partial charge in [0, 0.05) is 45.3 Å². The Kier molecular flexibility index (Phi) is 5.73. The number of anilines is 1. The van der Waals surface area contributed by atoms with Crippen LogP contribution >= 0.6 is 0 Å². The minimum Gasteiger partial charge on any atom is -0.378 e. The van der Waals surface area contributed by atoms with E-state index in [1.165, 1.54) is 12.0 Å². The van der Waals surface area contributed by atoms with Gasteiger partial charge in [-0.05, 0) is 26.2 Å². The van der Waals surface area contributed by atoms with Crippen LogP contribution in [0.1, 0.15) is 30.5 Å². The third kappa shape index (κ3) is 3.89. The summed E-state index contributed by atoms with van der Waals surface area (Å²) in [6.07, 6.45) is 3.51. The molecule has 7 nitrogen and oxygen atoms in total. The number of carbonyl (C=O) groups excluding carboxylic acids is 1. The van der Waals surface area contributed by atoms with Gasteiger partial charge >= 0.3 is 0 Å². The Bertz CT molecular complexity index is 560. The van der Waals surface area contributed by atoms with E-state index >= 15 is 0 Å². The van der Waals surface area contributed by atoms with Crippen LogP contribution in [-0.4, -0.2) is 66.5 Å². The molecule has 1 N–H and O–H groups in total. The lowest BCUT2D eigenvalue weighted by Crippen LogP contribution is -2.41. The molecule has 0 atom stereocenters. The number of rotatable bonds is 5. The van der Waals surface area contributed by atoms with Crippen LogP contribution in [0.15, 0.2) is 0 Å². The van der Waals surface area contributed by atoms with Crippen molar-refractivity contribution < 1.29 is 9.53 Å². The fourth-order valence-electron chi connectivity index (χ4n) is 3.62. The highest BCUT2D eigenvalue weighted by atomic mass is 16.5. The molecule has 0 unspecified atom stereocenters. The van der Waals surface area contributed by atoms with Gasteiger partial charge in [0.1, 0.15) is 5.82 Å². The summed E-state index contributed by atoms with van der Waals surface area (Å²) in [5.74, 6) is 1.36. The number of ether oxygens (including phenoxy) is 1. The Balaban J connectivity index is 1.59. The summed E-state index contributed by atoms with van der Waals surface area (Å²) in [5, 5.41) is 7.90. The predicted octanol–water partition coefficient (Wildman–Crippen LogP) is 0.667. The van der Waals surface area contributed by atoms with E-state index < -0.39 is 0 Å². The van der Waals surface area contributed by atoms with Crippen molar-refractivity contribution >= 4 is 11.7 Å². The van der Waals surface area contributed by atoms with Crippen LogP contribution in [0, 0.1) is 6.92 Å². The molecule has 2 aliphatic heterocycles. The van der Waals surface area contributed by atoms with E-state index in [0.29, 0.717) is 13.1 Å². The lowest BCUT2D eigenvalue weighted by atomic mass is 10.1. The number of aryl methyl sites for hydroxylation is 2. The van der Waals surface area contributed by atoms with Crippen LogP contribution < -0.4 is 10.2 Å². The molecule has 0 bridgehead atoms. The van der Waals surface area contributed by atoms with Crippen LogP contribution in [0.3, 0.4) is 0 Å². The summed E-state index contributed by atoms with van der Waals surface area (Å²) in [6, 6.07) is 0. The van der Waals surface area contributed by atoms with Crippen molar-refractivity contribution in [1.29, 1.82) is 0 Å². The number of amides is 1. The van der Waals surface area contributed by atoms with Crippen molar-refractivity contribution in [3.63, 3.8) is 0 Å². The number of hydrogen-bond acceptors (Lipinski definition) is 5. The van der Waals surface area contributed by atoms with E-state index in [2.05, 4.69) is 15.3 Å².